The van der Waals surface area contributed by atoms with Crippen LogP contribution < -0.4 is 0 Å². The third-order valence-electron chi connectivity index (χ3n) is 16.6. The zero-order valence-corrected chi connectivity index (χ0v) is 54.8. The molecule has 0 saturated carbocycles. The first kappa shape index (κ1) is 78.6. The lowest BCUT2D eigenvalue weighted by Crippen LogP contribution is -2.30. The monoisotopic (exact) mass is 1140 g/mol. The fraction of sp³-hybridized carbons (Fsp3) is 0.880. The summed E-state index contributed by atoms with van der Waals surface area (Å²) in [6.07, 6.45) is 87.5. The van der Waals surface area contributed by atoms with Crippen molar-refractivity contribution in [3.63, 3.8) is 0 Å². The van der Waals surface area contributed by atoms with Crippen LogP contribution in [-0.4, -0.2) is 37.2 Å². The predicted molar refractivity (Wildman–Crippen MR) is 353 cm³/mol. The molecule has 1 unspecified atom stereocenters. The SMILES string of the molecule is CCCCCCC/C=C\C/C=C\C/C=C\CCCCCCCCCCC(=O)OC(COC(=O)CCCCCCCCCCCCCCCC)COC(=O)CCCCCCCCCCCCCCCCCCCCCCCCCCCC. The van der Waals surface area contributed by atoms with Gasteiger partial charge in [0.2, 0.25) is 0 Å². The number of ether oxygens (including phenoxy) is 3. The highest BCUT2D eigenvalue weighted by Crippen LogP contribution is 2.19. The van der Waals surface area contributed by atoms with Gasteiger partial charge in [-0.15, -0.1) is 0 Å². The molecule has 6 nitrogen and oxygen atoms in total. The van der Waals surface area contributed by atoms with Crippen LogP contribution in [0.3, 0.4) is 0 Å². The highest BCUT2D eigenvalue weighted by atomic mass is 16.6. The summed E-state index contributed by atoms with van der Waals surface area (Å²) >= 11 is 0. The van der Waals surface area contributed by atoms with Gasteiger partial charge in [0.15, 0.2) is 6.10 Å². The van der Waals surface area contributed by atoms with Gasteiger partial charge in [0.05, 0.1) is 0 Å². The molecule has 0 saturated heterocycles. The lowest BCUT2D eigenvalue weighted by molar-refractivity contribution is -0.167. The molecule has 0 aliphatic heterocycles. The van der Waals surface area contributed by atoms with Crippen LogP contribution >= 0.6 is 0 Å². The van der Waals surface area contributed by atoms with Crippen LogP contribution in [-0.2, 0) is 28.6 Å². The van der Waals surface area contributed by atoms with Gasteiger partial charge in [-0.3, -0.25) is 14.4 Å². The van der Waals surface area contributed by atoms with Crippen LogP contribution in [0.25, 0.3) is 0 Å². The Labute approximate surface area is 506 Å². The van der Waals surface area contributed by atoms with E-state index >= 15 is 0 Å². The van der Waals surface area contributed by atoms with Crippen molar-refractivity contribution in [1.29, 1.82) is 0 Å². The molecule has 6 heteroatoms. The Balaban J connectivity index is 4.25. The maximum Gasteiger partial charge on any atom is 0.306 e. The van der Waals surface area contributed by atoms with E-state index in [2.05, 4.69) is 57.2 Å². The van der Waals surface area contributed by atoms with Crippen molar-refractivity contribution >= 4 is 17.9 Å². The Hall–Kier alpha value is -2.37. The van der Waals surface area contributed by atoms with E-state index in [1.54, 1.807) is 0 Å². The molecule has 0 amide bonds. The van der Waals surface area contributed by atoms with E-state index in [1.165, 1.54) is 289 Å². The minimum Gasteiger partial charge on any atom is -0.462 e. The number of carbonyl (C=O) groups is 3. The van der Waals surface area contributed by atoms with E-state index in [4.69, 9.17) is 14.2 Å². The second kappa shape index (κ2) is 70.1. The second-order valence-corrected chi connectivity index (χ2v) is 24.9. The molecule has 0 fully saturated rings. The molecule has 81 heavy (non-hydrogen) atoms. The first-order valence-electron chi connectivity index (χ1n) is 36.5. The van der Waals surface area contributed by atoms with Crippen LogP contribution in [0, 0.1) is 0 Å². The third kappa shape index (κ3) is 68.3. The van der Waals surface area contributed by atoms with E-state index in [0.717, 1.165) is 77.0 Å². The first-order valence-corrected chi connectivity index (χ1v) is 36.5. The summed E-state index contributed by atoms with van der Waals surface area (Å²) in [7, 11) is 0. The Morgan fingerprint density at radius 1 is 0.247 bits per heavy atom. The van der Waals surface area contributed by atoms with Crippen molar-refractivity contribution in [3.05, 3.63) is 36.5 Å². The minimum absolute atomic E-state index is 0.0692. The van der Waals surface area contributed by atoms with Gasteiger partial charge < -0.3 is 14.2 Å². The van der Waals surface area contributed by atoms with Crippen molar-refractivity contribution < 1.29 is 28.6 Å². The summed E-state index contributed by atoms with van der Waals surface area (Å²) in [4.78, 5) is 38.5. The van der Waals surface area contributed by atoms with Crippen LogP contribution in [0.2, 0.25) is 0 Å². The molecular formula is C75H140O6. The van der Waals surface area contributed by atoms with Crippen molar-refractivity contribution in [2.24, 2.45) is 0 Å². The molecule has 0 radical (unpaired) electrons. The molecule has 0 bridgehead atoms. The summed E-state index contributed by atoms with van der Waals surface area (Å²) < 4.78 is 17.0. The molecular weight excluding hydrogens is 997 g/mol. The van der Waals surface area contributed by atoms with Gasteiger partial charge in [-0.25, -0.2) is 0 Å². The van der Waals surface area contributed by atoms with E-state index in [-0.39, 0.29) is 31.1 Å². The van der Waals surface area contributed by atoms with Crippen molar-refractivity contribution in [1.82, 2.24) is 0 Å². The number of hydrogen-bond acceptors (Lipinski definition) is 6. The smallest absolute Gasteiger partial charge is 0.306 e. The molecule has 0 spiro atoms. The van der Waals surface area contributed by atoms with E-state index < -0.39 is 6.10 Å². The minimum atomic E-state index is -0.774. The van der Waals surface area contributed by atoms with Crippen LogP contribution in [0.15, 0.2) is 36.5 Å². The number of esters is 3. The molecule has 0 N–H and O–H groups in total. The molecule has 0 aromatic heterocycles. The van der Waals surface area contributed by atoms with E-state index in [9.17, 15) is 14.4 Å². The average molecular weight is 1140 g/mol. The number of allylic oxidation sites excluding steroid dienone is 6. The van der Waals surface area contributed by atoms with Gasteiger partial charge in [-0.1, -0.05) is 365 Å². The number of rotatable bonds is 68. The lowest BCUT2D eigenvalue weighted by atomic mass is 10.0. The highest BCUT2D eigenvalue weighted by molar-refractivity contribution is 5.71. The summed E-state index contributed by atoms with van der Waals surface area (Å²) in [6.45, 7) is 6.70. The topological polar surface area (TPSA) is 78.9 Å². The van der Waals surface area contributed by atoms with Gasteiger partial charge in [-0.05, 0) is 57.8 Å². The van der Waals surface area contributed by atoms with Crippen LogP contribution in [0.5, 0.6) is 0 Å². The molecule has 0 aliphatic carbocycles. The van der Waals surface area contributed by atoms with E-state index in [1.807, 2.05) is 0 Å². The van der Waals surface area contributed by atoms with Crippen molar-refractivity contribution in [2.45, 2.75) is 412 Å². The molecule has 0 aromatic rings. The fourth-order valence-electron chi connectivity index (χ4n) is 11.2. The van der Waals surface area contributed by atoms with Crippen molar-refractivity contribution in [3.8, 4) is 0 Å². The molecule has 0 aliphatic rings. The number of hydrogen-bond donors (Lipinski definition) is 0. The fourth-order valence-corrected chi connectivity index (χ4v) is 11.2. The van der Waals surface area contributed by atoms with Gasteiger partial charge >= 0.3 is 17.9 Å². The quantitative estimate of drug-likeness (QED) is 0.0261. The van der Waals surface area contributed by atoms with Crippen molar-refractivity contribution in [2.75, 3.05) is 13.2 Å². The van der Waals surface area contributed by atoms with Gasteiger partial charge in [0.1, 0.15) is 13.2 Å². The Kier molecular flexibility index (Phi) is 68.1. The van der Waals surface area contributed by atoms with Crippen LogP contribution in [0.4, 0.5) is 0 Å². The van der Waals surface area contributed by atoms with Gasteiger partial charge in [0, 0.05) is 19.3 Å². The Bertz CT molecular complexity index is 1350. The zero-order valence-electron chi connectivity index (χ0n) is 54.8. The Morgan fingerprint density at radius 3 is 0.691 bits per heavy atom. The average Bonchev–Trinajstić information content (AvgIpc) is 3.47. The predicted octanol–water partition coefficient (Wildman–Crippen LogP) is 25.1. The maximum atomic E-state index is 13.0. The summed E-state index contributed by atoms with van der Waals surface area (Å²) in [6, 6.07) is 0. The number of carbonyl (C=O) groups excluding carboxylic acids is 3. The first-order chi connectivity index (χ1) is 40.0. The normalized spacial score (nSPS) is 12.2. The largest absolute Gasteiger partial charge is 0.462 e. The molecule has 476 valence electrons. The number of unbranched alkanes of at least 4 members (excludes halogenated alkanes) is 51. The highest BCUT2D eigenvalue weighted by Gasteiger charge is 2.19. The summed E-state index contributed by atoms with van der Waals surface area (Å²) in [5.41, 5.74) is 0. The molecule has 0 heterocycles. The van der Waals surface area contributed by atoms with Gasteiger partial charge in [-0.2, -0.15) is 0 Å². The second-order valence-electron chi connectivity index (χ2n) is 24.9. The van der Waals surface area contributed by atoms with Gasteiger partial charge in [0.25, 0.3) is 0 Å². The molecule has 0 rings (SSSR count). The molecule has 0 aromatic carbocycles. The Morgan fingerprint density at radius 2 is 0.444 bits per heavy atom. The van der Waals surface area contributed by atoms with E-state index in [0.29, 0.717) is 19.3 Å². The van der Waals surface area contributed by atoms with Crippen LogP contribution in [0.1, 0.15) is 406 Å². The zero-order chi connectivity index (χ0) is 58.5. The molecule has 1 atom stereocenters. The standard InChI is InChI=1S/C75H140O6/c1-4-7-10-13-16-19-22-25-28-30-32-34-36-37-38-40-41-43-45-47-50-53-56-59-62-65-68-74(77)80-71-72(70-79-73(76)67-64-61-58-55-52-49-27-24-21-18-15-12-9-6-3)81-75(78)69-66-63-60-57-54-51-48-46-44-42-39-35-33-31-29-26-23-20-17-14-11-8-5-2/h23,26,31,33,39,42,72H,4-22,24-25,27-30,32,34-38,40-41,43-71H2,1-3H3/b26-23-,33-31-,42-39-. The lowest BCUT2D eigenvalue weighted by Gasteiger charge is -2.18. The summed E-state index contributed by atoms with van der Waals surface area (Å²) in [5, 5.41) is 0. The third-order valence-corrected chi connectivity index (χ3v) is 16.6. The summed E-state index contributed by atoms with van der Waals surface area (Å²) in [5.74, 6) is -0.845. The maximum absolute atomic E-state index is 13.0.